The second kappa shape index (κ2) is 7.10. The van der Waals surface area contributed by atoms with Crippen LogP contribution in [0.4, 0.5) is 0 Å². The van der Waals surface area contributed by atoms with Crippen molar-refractivity contribution in [3.8, 4) is 22.5 Å². The molecule has 0 aliphatic heterocycles. The van der Waals surface area contributed by atoms with Crippen LogP contribution in [0.1, 0.15) is 36.0 Å². The van der Waals surface area contributed by atoms with Crippen LogP contribution in [-0.4, -0.2) is 9.97 Å². The molecule has 0 atom stereocenters. The quantitative estimate of drug-likeness (QED) is 0.323. The Morgan fingerprint density at radius 3 is 2.50 bits per heavy atom. The van der Waals surface area contributed by atoms with Gasteiger partial charge in [0.05, 0.1) is 11.4 Å². The third-order valence-electron chi connectivity index (χ3n) is 5.55. The summed E-state index contributed by atoms with van der Waals surface area (Å²) in [4.78, 5) is 9.24. The smallest absolute Gasteiger partial charge is 0.227 e. The summed E-state index contributed by atoms with van der Waals surface area (Å²) >= 11 is 0. The number of para-hydroxylation sites is 1. The predicted molar refractivity (Wildman–Crippen MR) is 124 cm³/mol. The molecule has 3 heterocycles. The van der Waals surface area contributed by atoms with Gasteiger partial charge in [-0.15, -0.1) is 0 Å². The summed E-state index contributed by atoms with van der Waals surface area (Å²) in [5, 5.41) is 1.71. The third kappa shape index (κ3) is 2.89. The van der Waals surface area contributed by atoms with Crippen molar-refractivity contribution in [3.63, 3.8) is 0 Å². The zero-order valence-corrected chi connectivity index (χ0v) is 17.1. The van der Waals surface area contributed by atoms with Crippen molar-refractivity contribution in [1.82, 2.24) is 9.97 Å². The summed E-state index contributed by atoms with van der Waals surface area (Å²) in [6, 6.07) is 17.2. The Morgan fingerprint density at radius 2 is 1.73 bits per heavy atom. The van der Waals surface area contributed by atoms with Crippen LogP contribution >= 0.6 is 0 Å². The van der Waals surface area contributed by atoms with Crippen LogP contribution in [0.15, 0.2) is 65.2 Å². The van der Waals surface area contributed by atoms with Gasteiger partial charge in [-0.1, -0.05) is 37.3 Å². The summed E-state index contributed by atoms with van der Waals surface area (Å²) in [5.41, 5.74) is 6.24. The lowest BCUT2D eigenvalue weighted by Crippen LogP contribution is -1.91. The minimum atomic E-state index is -2.49. The van der Waals surface area contributed by atoms with Gasteiger partial charge in [0.2, 0.25) is 5.71 Å². The third-order valence-corrected chi connectivity index (χ3v) is 5.55. The average molecular weight is 398 g/mol. The molecule has 0 unspecified atom stereocenters. The number of furan rings is 1. The first-order chi connectivity index (χ1) is 16.4. The van der Waals surface area contributed by atoms with Gasteiger partial charge in [-0.05, 0) is 73.6 Å². The van der Waals surface area contributed by atoms with Crippen molar-refractivity contribution in [1.29, 1.82) is 0 Å². The fourth-order valence-corrected chi connectivity index (χ4v) is 4.04. The molecule has 0 spiro atoms. The van der Waals surface area contributed by atoms with Crippen LogP contribution in [0.2, 0.25) is 0 Å². The zero-order chi connectivity index (χ0) is 25.1. The summed E-state index contributed by atoms with van der Waals surface area (Å²) in [7, 11) is 0. The van der Waals surface area contributed by atoms with Gasteiger partial charge < -0.3 is 4.42 Å². The van der Waals surface area contributed by atoms with E-state index in [2.05, 4.69) is 31.0 Å². The van der Waals surface area contributed by atoms with E-state index >= 15 is 0 Å². The number of fused-ring (bicyclic) bond motifs is 3. The molecule has 3 aromatic heterocycles. The molecule has 148 valence electrons. The molecule has 0 saturated carbocycles. The summed E-state index contributed by atoms with van der Waals surface area (Å²) < 4.78 is 46.2. The molecule has 0 bridgehead atoms. The maximum absolute atomic E-state index is 8.04. The van der Waals surface area contributed by atoms with Crippen molar-refractivity contribution in [3.05, 3.63) is 83.0 Å². The van der Waals surface area contributed by atoms with Gasteiger partial charge >= 0.3 is 0 Å². The molecule has 30 heavy (non-hydrogen) atoms. The lowest BCUT2D eigenvalue weighted by Gasteiger charge is -2.08. The Morgan fingerprint density at radius 1 is 0.933 bits per heavy atom. The molecule has 0 radical (unpaired) electrons. The Bertz CT molecular complexity index is 1580. The number of nitrogens with zero attached hydrogens (tertiary/aromatic N) is 2. The molecular formula is C27H24N2O. The number of rotatable bonds is 3. The van der Waals surface area contributed by atoms with Crippen molar-refractivity contribution >= 4 is 22.1 Å². The molecule has 0 saturated heterocycles. The maximum atomic E-state index is 8.04. The fraction of sp³-hybridized carbons (Fsp3) is 0.185. The first kappa shape index (κ1) is 13.7. The van der Waals surface area contributed by atoms with Gasteiger partial charge in [0.15, 0.2) is 0 Å². The SMILES string of the molecule is [2H]C([2H])([2H])c1cc(-c2cccc3c2oc2nc(-c4c(C)cccc4C)ccc23)ncc1C([2H])([2H])C. The van der Waals surface area contributed by atoms with E-state index in [0.717, 1.165) is 33.2 Å². The minimum Gasteiger partial charge on any atom is -0.437 e. The lowest BCUT2D eigenvalue weighted by molar-refractivity contribution is 0.655. The van der Waals surface area contributed by atoms with Crippen LogP contribution in [0, 0.1) is 20.7 Å². The summed E-state index contributed by atoms with van der Waals surface area (Å²) in [5.74, 6) is 0. The highest BCUT2D eigenvalue weighted by Gasteiger charge is 2.16. The summed E-state index contributed by atoms with van der Waals surface area (Å²) in [6.45, 7) is 2.96. The van der Waals surface area contributed by atoms with E-state index in [0.29, 0.717) is 22.6 Å². The molecular weight excluding hydrogens is 368 g/mol. The van der Waals surface area contributed by atoms with E-state index in [1.165, 1.54) is 19.2 Å². The number of hydrogen-bond donors (Lipinski definition) is 0. The molecule has 3 nitrogen and oxygen atoms in total. The second-order valence-electron chi connectivity index (χ2n) is 7.47. The molecule has 0 aliphatic carbocycles. The van der Waals surface area contributed by atoms with Crippen molar-refractivity contribution in [2.24, 2.45) is 0 Å². The van der Waals surface area contributed by atoms with Crippen molar-refractivity contribution in [2.45, 2.75) is 34.0 Å². The minimum absolute atomic E-state index is 0.0536. The van der Waals surface area contributed by atoms with E-state index in [1.807, 2.05) is 36.4 Å². The van der Waals surface area contributed by atoms with Gasteiger partial charge in [-0.3, -0.25) is 4.98 Å². The largest absolute Gasteiger partial charge is 0.437 e. The highest BCUT2D eigenvalue weighted by molar-refractivity contribution is 6.08. The van der Waals surface area contributed by atoms with E-state index in [9.17, 15) is 0 Å². The highest BCUT2D eigenvalue weighted by atomic mass is 16.3. The van der Waals surface area contributed by atoms with Gasteiger partial charge in [-0.2, -0.15) is 0 Å². The standard InChI is InChI=1S/C27H24N2O/c1-5-19-15-28-24(14-18(19)4)22-11-7-10-20-21-12-13-23(29-27(21)30-26(20)22)25-16(2)8-6-9-17(25)3/h6-15H,5H2,1-4H3/i4D3,5D2. The fourth-order valence-electron chi connectivity index (χ4n) is 4.04. The second-order valence-corrected chi connectivity index (χ2v) is 7.47. The molecule has 0 amide bonds. The van der Waals surface area contributed by atoms with E-state index in [4.69, 9.17) is 16.3 Å². The van der Waals surface area contributed by atoms with Crippen molar-refractivity contribution < 1.29 is 11.3 Å². The summed E-state index contributed by atoms with van der Waals surface area (Å²) in [6.07, 6.45) is -0.523. The van der Waals surface area contributed by atoms with Gasteiger partial charge in [-0.25, -0.2) is 4.98 Å². The molecule has 0 fully saturated rings. The Labute approximate surface area is 183 Å². The van der Waals surface area contributed by atoms with Crippen LogP contribution in [0.3, 0.4) is 0 Å². The van der Waals surface area contributed by atoms with Crippen LogP contribution in [0.25, 0.3) is 44.6 Å². The average Bonchev–Trinajstić information content (AvgIpc) is 3.15. The molecule has 2 aromatic carbocycles. The number of pyridine rings is 2. The van der Waals surface area contributed by atoms with E-state index in [-0.39, 0.29) is 11.1 Å². The molecule has 5 rings (SSSR count). The van der Waals surface area contributed by atoms with Crippen LogP contribution in [0.5, 0.6) is 0 Å². The first-order valence-corrected chi connectivity index (χ1v) is 9.85. The van der Waals surface area contributed by atoms with E-state index < -0.39 is 13.2 Å². The number of hydrogen-bond acceptors (Lipinski definition) is 3. The predicted octanol–water partition coefficient (Wildman–Crippen LogP) is 7.20. The lowest BCUT2D eigenvalue weighted by atomic mass is 9.99. The van der Waals surface area contributed by atoms with Gasteiger partial charge in [0, 0.05) is 34.9 Å². The maximum Gasteiger partial charge on any atom is 0.227 e. The Hall–Kier alpha value is -3.46. The highest BCUT2D eigenvalue weighted by Crippen LogP contribution is 2.36. The Balaban J connectivity index is 1.72. The molecule has 0 aliphatic rings. The van der Waals surface area contributed by atoms with Gasteiger partial charge in [0.25, 0.3) is 0 Å². The Kier molecular flexibility index (Phi) is 3.24. The number of aromatic nitrogens is 2. The van der Waals surface area contributed by atoms with Crippen LogP contribution in [-0.2, 0) is 6.37 Å². The van der Waals surface area contributed by atoms with Gasteiger partial charge in [0.1, 0.15) is 5.58 Å². The van der Waals surface area contributed by atoms with Crippen LogP contribution < -0.4 is 0 Å². The normalized spacial score (nSPS) is 14.8. The number of aryl methyl sites for hydroxylation is 4. The molecule has 0 N–H and O–H groups in total. The molecule has 5 aromatic rings. The number of benzene rings is 2. The topological polar surface area (TPSA) is 38.9 Å². The van der Waals surface area contributed by atoms with E-state index in [1.54, 1.807) is 0 Å². The molecule has 3 heteroatoms. The monoisotopic (exact) mass is 397 g/mol. The first-order valence-electron chi connectivity index (χ1n) is 12.4. The van der Waals surface area contributed by atoms with Crippen molar-refractivity contribution in [2.75, 3.05) is 0 Å². The zero-order valence-electron chi connectivity index (χ0n) is 22.1.